The number of hydrogen-bond acceptors (Lipinski definition) is 5. The molecule has 88 valence electrons. The van der Waals surface area contributed by atoms with Gasteiger partial charge in [-0.25, -0.2) is 8.42 Å². The van der Waals surface area contributed by atoms with Gasteiger partial charge in [-0.1, -0.05) is 0 Å². The summed E-state index contributed by atoms with van der Waals surface area (Å²) in [7, 11) is -3.94. The summed E-state index contributed by atoms with van der Waals surface area (Å²) in [4.78, 5) is 13.5. The Morgan fingerprint density at radius 3 is 2.76 bits per heavy atom. The lowest BCUT2D eigenvalue weighted by atomic mass is 10.5. The molecule has 0 unspecified atom stereocenters. The first-order valence-electron chi connectivity index (χ1n) is 4.57. The van der Waals surface area contributed by atoms with Crippen LogP contribution in [-0.4, -0.2) is 23.6 Å². The van der Waals surface area contributed by atoms with Gasteiger partial charge in [0.15, 0.2) is 10.7 Å². The lowest BCUT2D eigenvalue weighted by Gasteiger charge is -2.04. The van der Waals surface area contributed by atoms with Gasteiger partial charge in [0.25, 0.3) is 10.0 Å². The van der Waals surface area contributed by atoms with Crippen molar-refractivity contribution >= 4 is 15.8 Å². The van der Waals surface area contributed by atoms with E-state index in [2.05, 4.69) is 19.9 Å². The number of sulfonamides is 1. The van der Waals surface area contributed by atoms with Crippen LogP contribution in [0.4, 0.5) is 5.82 Å². The molecule has 7 nitrogen and oxygen atoms in total. The Kier molecular flexibility index (Phi) is 2.88. The fourth-order valence-electron chi connectivity index (χ4n) is 1.16. The normalized spacial score (nSPS) is 11.1. The van der Waals surface area contributed by atoms with Crippen molar-refractivity contribution < 1.29 is 8.42 Å². The fourth-order valence-corrected chi connectivity index (χ4v) is 2.21. The highest BCUT2D eigenvalue weighted by Gasteiger charge is 2.18. The second-order valence-corrected chi connectivity index (χ2v) is 4.74. The maximum Gasteiger partial charge on any atom is 0.268 e. The lowest BCUT2D eigenvalue weighted by molar-refractivity contribution is 0.599. The Bertz CT molecular complexity index is 666. The third-order valence-electron chi connectivity index (χ3n) is 1.89. The van der Waals surface area contributed by atoms with Gasteiger partial charge in [-0.05, 0) is 12.1 Å². The standard InChI is InChI=1S/C9H8N4O3S/c14-7-3-5-10-6-8(7)17(15,16)13-9-2-1-4-11-12-9/h1-6H,(H,10,14)(H,12,13). The minimum atomic E-state index is -3.94. The topological polar surface area (TPSA) is 105 Å². The first kappa shape index (κ1) is 11.3. The third-order valence-corrected chi connectivity index (χ3v) is 3.26. The minimum Gasteiger partial charge on any atom is -0.366 e. The van der Waals surface area contributed by atoms with Gasteiger partial charge in [0.2, 0.25) is 5.43 Å². The maximum absolute atomic E-state index is 11.8. The molecule has 0 atom stereocenters. The van der Waals surface area contributed by atoms with Crippen LogP contribution >= 0.6 is 0 Å². The molecule has 2 heterocycles. The zero-order chi connectivity index (χ0) is 12.3. The number of nitrogens with zero attached hydrogens (tertiary/aromatic N) is 2. The summed E-state index contributed by atoms with van der Waals surface area (Å²) in [6.45, 7) is 0. The second-order valence-electron chi connectivity index (χ2n) is 3.09. The Labute approximate surface area is 96.6 Å². The lowest BCUT2D eigenvalue weighted by Crippen LogP contribution is -2.21. The van der Waals surface area contributed by atoms with E-state index in [1.165, 1.54) is 24.5 Å². The monoisotopic (exact) mass is 252 g/mol. The summed E-state index contributed by atoms with van der Waals surface area (Å²) in [6, 6.07) is 4.09. The number of hydrogen-bond donors (Lipinski definition) is 2. The molecule has 0 saturated carbocycles. The smallest absolute Gasteiger partial charge is 0.268 e. The van der Waals surface area contributed by atoms with Gasteiger partial charge in [-0.3, -0.25) is 9.52 Å². The summed E-state index contributed by atoms with van der Waals surface area (Å²) in [6.07, 6.45) is 3.87. The summed E-state index contributed by atoms with van der Waals surface area (Å²) >= 11 is 0. The Hall–Kier alpha value is -2.22. The summed E-state index contributed by atoms with van der Waals surface area (Å²) in [5.74, 6) is 0.0516. The summed E-state index contributed by atoms with van der Waals surface area (Å²) in [5, 5.41) is 7.09. The minimum absolute atomic E-state index is 0.0516. The van der Waals surface area contributed by atoms with Crippen molar-refractivity contribution in [3.05, 3.63) is 47.0 Å². The molecule has 0 bridgehead atoms. The molecule has 0 radical (unpaired) electrons. The zero-order valence-corrected chi connectivity index (χ0v) is 9.31. The molecule has 0 spiro atoms. The highest BCUT2D eigenvalue weighted by Crippen LogP contribution is 2.08. The fraction of sp³-hybridized carbons (Fsp3) is 0. The molecule has 2 N–H and O–H groups in total. The molecule has 0 saturated heterocycles. The molecule has 17 heavy (non-hydrogen) atoms. The van der Waals surface area contributed by atoms with E-state index in [9.17, 15) is 13.2 Å². The molecule has 2 aromatic rings. The molecule has 0 aliphatic heterocycles. The van der Waals surface area contributed by atoms with E-state index in [1.54, 1.807) is 0 Å². The Morgan fingerprint density at radius 2 is 2.12 bits per heavy atom. The average molecular weight is 252 g/mol. The number of aromatic amines is 1. The Balaban J connectivity index is 2.39. The molecule has 8 heteroatoms. The van der Waals surface area contributed by atoms with Gasteiger partial charge in [0, 0.05) is 24.7 Å². The van der Waals surface area contributed by atoms with E-state index < -0.39 is 15.5 Å². The Morgan fingerprint density at radius 1 is 1.29 bits per heavy atom. The van der Waals surface area contributed by atoms with Gasteiger partial charge >= 0.3 is 0 Å². The van der Waals surface area contributed by atoms with E-state index in [0.717, 1.165) is 12.3 Å². The van der Waals surface area contributed by atoms with Crippen LogP contribution in [0, 0.1) is 0 Å². The average Bonchev–Trinajstić information content (AvgIpc) is 2.30. The number of rotatable bonds is 3. The van der Waals surface area contributed by atoms with Crippen LogP contribution < -0.4 is 10.2 Å². The largest absolute Gasteiger partial charge is 0.366 e. The van der Waals surface area contributed by atoms with Crippen molar-refractivity contribution in [3.63, 3.8) is 0 Å². The van der Waals surface area contributed by atoms with Crippen molar-refractivity contribution in [2.24, 2.45) is 0 Å². The molecule has 0 aliphatic carbocycles. The molecule has 2 rings (SSSR count). The second kappa shape index (κ2) is 4.34. The predicted octanol–water partition coefficient (Wildman–Crippen LogP) is -0.0343. The van der Waals surface area contributed by atoms with Gasteiger partial charge in [-0.15, -0.1) is 5.10 Å². The molecule has 0 fully saturated rings. The maximum atomic E-state index is 11.8. The molecular formula is C9H8N4O3S. The van der Waals surface area contributed by atoms with Gasteiger partial charge in [0.1, 0.15) is 0 Å². The number of anilines is 1. The molecule has 0 aliphatic rings. The van der Waals surface area contributed by atoms with Gasteiger partial charge in [-0.2, -0.15) is 5.10 Å². The van der Waals surface area contributed by atoms with E-state index in [0.29, 0.717) is 0 Å². The van der Waals surface area contributed by atoms with Gasteiger partial charge < -0.3 is 4.98 Å². The summed E-state index contributed by atoms with van der Waals surface area (Å²) in [5.41, 5.74) is -0.597. The number of aromatic nitrogens is 3. The number of nitrogens with one attached hydrogen (secondary N) is 2. The van der Waals surface area contributed by atoms with Crippen molar-refractivity contribution in [3.8, 4) is 0 Å². The zero-order valence-electron chi connectivity index (χ0n) is 8.49. The first-order chi connectivity index (χ1) is 8.09. The van der Waals surface area contributed by atoms with E-state index >= 15 is 0 Å². The third kappa shape index (κ3) is 2.48. The highest BCUT2D eigenvalue weighted by molar-refractivity contribution is 7.92. The van der Waals surface area contributed by atoms with Crippen molar-refractivity contribution in [1.29, 1.82) is 0 Å². The molecule has 0 amide bonds. The van der Waals surface area contributed by atoms with E-state index in [1.807, 2.05) is 0 Å². The molecule has 2 aromatic heterocycles. The SMILES string of the molecule is O=c1cc[nH]cc1S(=O)(=O)Nc1cccnn1. The van der Waals surface area contributed by atoms with Crippen LogP contribution in [0.15, 0.2) is 46.5 Å². The predicted molar refractivity (Wildman–Crippen MR) is 59.9 cm³/mol. The van der Waals surface area contributed by atoms with Crippen molar-refractivity contribution in [2.45, 2.75) is 4.90 Å². The molecular weight excluding hydrogens is 244 g/mol. The number of H-pyrrole nitrogens is 1. The van der Waals surface area contributed by atoms with Crippen LogP contribution in [-0.2, 0) is 10.0 Å². The highest BCUT2D eigenvalue weighted by atomic mass is 32.2. The van der Waals surface area contributed by atoms with Crippen LogP contribution in [0.2, 0.25) is 0 Å². The van der Waals surface area contributed by atoms with Crippen molar-refractivity contribution in [1.82, 2.24) is 15.2 Å². The first-order valence-corrected chi connectivity index (χ1v) is 6.05. The van der Waals surface area contributed by atoms with E-state index in [-0.39, 0.29) is 10.7 Å². The summed E-state index contributed by atoms with van der Waals surface area (Å²) < 4.78 is 25.8. The van der Waals surface area contributed by atoms with Gasteiger partial charge in [0.05, 0.1) is 0 Å². The number of pyridine rings is 1. The van der Waals surface area contributed by atoms with Crippen LogP contribution in [0.5, 0.6) is 0 Å². The van der Waals surface area contributed by atoms with Crippen LogP contribution in [0.3, 0.4) is 0 Å². The van der Waals surface area contributed by atoms with Crippen molar-refractivity contribution in [2.75, 3.05) is 4.72 Å². The van der Waals surface area contributed by atoms with Crippen LogP contribution in [0.1, 0.15) is 0 Å². The molecule has 0 aromatic carbocycles. The quantitative estimate of drug-likeness (QED) is 0.797. The van der Waals surface area contributed by atoms with Crippen LogP contribution in [0.25, 0.3) is 0 Å². The van der Waals surface area contributed by atoms with E-state index in [4.69, 9.17) is 0 Å².